The summed E-state index contributed by atoms with van der Waals surface area (Å²) in [5.74, 6) is -0.992. The van der Waals surface area contributed by atoms with Crippen LogP contribution in [0.4, 0.5) is 11.4 Å². The van der Waals surface area contributed by atoms with Gasteiger partial charge in [0.2, 0.25) is 5.91 Å². The molecule has 0 saturated heterocycles. The average Bonchev–Trinajstić information content (AvgIpc) is 2.63. The molecule has 0 atom stereocenters. The Labute approximate surface area is 151 Å². The number of fused-ring (bicyclic) bond motifs is 1. The van der Waals surface area contributed by atoms with E-state index in [1.54, 1.807) is 24.3 Å². The van der Waals surface area contributed by atoms with Crippen molar-refractivity contribution in [3.63, 3.8) is 0 Å². The quantitative estimate of drug-likeness (QED) is 0.829. The predicted octanol–water partition coefficient (Wildman–Crippen LogP) is 2.98. The van der Waals surface area contributed by atoms with Crippen LogP contribution in [-0.2, 0) is 20.7 Å². The van der Waals surface area contributed by atoms with Gasteiger partial charge >= 0.3 is 5.97 Å². The van der Waals surface area contributed by atoms with Crippen LogP contribution in [0.5, 0.6) is 0 Å². The second-order valence-electron chi connectivity index (χ2n) is 6.29. The van der Waals surface area contributed by atoms with Crippen molar-refractivity contribution in [2.45, 2.75) is 26.7 Å². The van der Waals surface area contributed by atoms with Gasteiger partial charge in [0.25, 0.3) is 5.91 Å². The Kier molecular flexibility index (Phi) is 5.02. The first-order chi connectivity index (χ1) is 12.4. The van der Waals surface area contributed by atoms with Gasteiger partial charge in [0.05, 0.1) is 5.56 Å². The maximum absolute atomic E-state index is 12.2. The number of rotatable bonds is 4. The van der Waals surface area contributed by atoms with Crippen molar-refractivity contribution >= 4 is 29.2 Å². The van der Waals surface area contributed by atoms with Crippen LogP contribution in [0.2, 0.25) is 0 Å². The summed E-state index contributed by atoms with van der Waals surface area (Å²) in [5, 5.41) is 5.51. The molecular weight excluding hydrogens is 332 g/mol. The Hall–Kier alpha value is -3.15. The minimum Gasteiger partial charge on any atom is -0.452 e. The van der Waals surface area contributed by atoms with Crippen molar-refractivity contribution in [2.75, 3.05) is 17.2 Å². The highest BCUT2D eigenvalue weighted by molar-refractivity contribution is 5.98. The average molecular weight is 352 g/mol. The summed E-state index contributed by atoms with van der Waals surface area (Å²) in [6, 6.07) is 10.6. The fourth-order valence-corrected chi connectivity index (χ4v) is 2.80. The number of hydrogen-bond acceptors (Lipinski definition) is 4. The van der Waals surface area contributed by atoms with Gasteiger partial charge in [-0.2, -0.15) is 0 Å². The minimum atomic E-state index is -0.569. The number of aryl methyl sites for hydroxylation is 2. The van der Waals surface area contributed by atoms with Gasteiger partial charge in [-0.05, 0) is 61.2 Å². The van der Waals surface area contributed by atoms with Gasteiger partial charge in [0, 0.05) is 17.8 Å². The molecule has 0 unspecified atom stereocenters. The van der Waals surface area contributed by atoms with Gasteiger partial charge in [-0.1, -0.05) is 12.1 Å². The van der Waals surface area contributed by atoms with Crippen molar-refractivity contribution in [3.05, 3.63) is 58.7 Å². The van der Waals surface area contributed by atoms with Gasteiger partial charge < -0.3 is 15.4 Å². The summed E-state index contributed by atoms with van der Waals surface area (Å²) in [5.41, 5.74) is 4.71. The zero-order valence-electron chi connectivity index (χ0n) is 14.7. The first-order valence-electron chi connectivity index (χ1n) is 8.40. The third kappa shape index (κ3) is 3.91. The fourth-order valence-electron chi connectivity index (χ4n) is 2.80. The van der Waals surface area contributed by atoms with Gasteiger partial charge in [-0.15, -0.1) is 0 Å². The molecule has 2 aromatic carbocycles. The molecule has 6 nitrogen and oxygen atoms in total. The maximum Gasteiger partial charge on any atom is 0.338 e. The lowest BCUT2D eigenvalue weighted by molar-refractivity contribution is -0.119. The molecule has 3 rings (SSSR count). The molecule has 26 heavy (non-hydrogen) atoms. The van der Waals surface area contributed by atoms with E-state index in [1.807, 2.05) is 26.0 Å². The molecule has 0 fully saturated rings. The third-order valence-electron chi connectivity index (χ3n) is 4.45. The van der Waals surface area contributed by atoms with E-state index in [9.17, 15) is 14.4 Å². The summed E-state index contributed by atoms with van der Waals surface area (Å²) >= 11 is 0. The molecule has 0 aromatic heterocycles. The van der Waals surface area contributed by atoms with Crippen molar-refractivity contribution in [2.24, 2.45) is 0 Å². The van der Waals surface area contributed by atoms with Gasteiger partial charge in [0.1, 0.15) is 0 Å². The Morgan fingerprint density at radius 1 is 1.15 bits per heavy atom. The lowest BCUT2D eigenvalue weighted by Gasteiger charge is -2.17. The molecule has 1 aliphatic rings. The molecule has 2 N–H and O–H groups in total. The molecule has 1 heterocycles. The molecule has 134 valence electrons. The first-order valence-corrected chi connectivity index (χ1v) is 8.40. The second-order valence-corrected chi connectivity index (χ2v) is 6.29. The standard InChI is InChI=1S/C20H20N2O4/c1-12-4-3-5-16(13(12)2)21-19(24)11-26-20(25)15-6-8-17-14(10-15)7-9-18(23)22-17/h3-6,8,10H,7,9,11H2,1-2H3,(H,21,24)(H,22,23). The van der Waals surface area contributed by atoms with Crippen molar-refractivity contribution in [1.82, 2.24) is 0 Å². The lowest BCUT2D eigenvalue weighted by Crippen LogP contribution is -2.22. The third-order valence-corrected chi connectivity index (χ3v) is 4.45. The van der Waals surface area contributed by atoms with E-state index in [4.69, 9.17) is 4.74 Å². The van der Waals surface area contributed by atoms with E-state index in [0.717, 1.165) is 16.7 Å². The monoisotopic (exact) mass is 352 g/mol. The number of hydrogen-bond donors (Lipinski definition) is 2. The van der Waals surface area contributed by atoms with E-state index < -0.39 is 11.9 Å². The summed E-state index contributed by atoms with van der Waals surface area (Å²) in [4.78, 5) is 35.6. The molecule has 0 saturated carbocycles. The molecule has 0 spiro atoms. The second kappa shape index (κ2) is 7.39. The molecule has 1 aliphatic heterocycles. The Morgan fingerprint density at radius 3 is 2.77 bits per heavy atom. The van der Waals surface area contributed by atoms with E-state index >= 15 is 0 Å². The maximum atomic E-state index is 12.2. The SMILES string of the molecule is Cc1cccc(NC(=O)COC(=O)c2ccc3c(c2)CCC(=O)N3)c1C. The first kappa shape index (κ1) is 17.7. The minimum absolute atomic E-state index is 0.0315. The molecule has 0 aliphatic carbocycles. The number of nitrogens with one attached hydrogen (secondary N) is 2. The van der Waals surface area contributed by atoms with Crippen LogP contribution in [0.15, 0.2) is 36.4 Å². The Bertz CT molecular complexity index is 889. The largest absolute Gasteiger partial charge is 0.452 e. The van der Waals surface area contributed by atoms with E-state index in [-0.39, 0.29) is 12.5 Å². The molecule has 2 amide bonds. The summed E-state index contributed by atoms with van der Waals surface area (Å²) < 4.78 is 5.11. The number of esters is 1. The molecule has 2 aromatic rings. The molecule has 0 bridgehead atoms. The topological polar surface area (TPSA) is 84.5 Å². The van der Waals surface area contributed by atoms with Crippen molar-refractivity contribution in [1.29, 1.82) is 0 Å². The number of benzene rings is 2. The van der Waals surface area contributed by atoms with E-state index in [0.29, 0.717) is 29.8 Å². The van der Waals surface area contributed by atoms with Crippen LogP contribution in [0, 0.1) is 13.8 Å². The summed E-state index contributed by atoms with van der Waals surface area (Å²) in [6.07, 6.45) is 0.971. The van der Waals surface area contributed by atoms with Crippen LogP contribution in [-0.4, -0.2) is 24.4 Å². The number of carbonyl (C=O) groups excluding carboxylic acids is 3. The molecule has 0 radical (unpaired) electrons. The van der Waals surface area contributed by atoms with Crippen LogP contribution in [0.1, 0.15) is 33.5 Å². The lowest BCUT2D eigenvalue weighted by atomic mass is 10.0. The van der Waals surface area contributed by atoms with Crippen LogP contribution < -0.4 is 10.6 Å². The van der Waals surface area contributed by atoms with Gasteiger partial charge in [-0.3, -0.25) is 9.59 Å². The van der Waals surface area contributed by atoms with Crippen molar-refractivity contribution < 1.29 is 19.1 Å². The highest BCUT2D eigenvalue weighted by Crippen LogP contribution is 2.24. The van der Waals surface area contributed by atoms with E-state index in [2.05, 4.69) is 10.6 Å². The highest BCUT2D eigenvalue weighted by Gasteiger charge is 2.18. The Balaban J connectivity index is 1.59. The molecule has 6 heteroatoms. The van der Waals surface area contributed by atoms with Gasteiger partial charge in [0.15, 0.2) is 6.61 Å². The number of amides is 2. The Morgan fingerprint density at radius 2 is 1.96 bits per heavy atom. The van der Waals surface area contributed by atoms with Crippen LogP contribution in [0.3, 0.4) is 0 Å². The van der Waals surface area contributed by atoms with Crippen molar-refractivity contribution in [3.8, 4) is 0 Å². The fraction of sp³-hybridized carbons (Fsp3) is 0.250. The molecular formula is C20H20N2O4. The summed E-state index contributed by atoms with van der Waals surface area (Å²) in [7, 11) is 0. The summed E-state index contributed by atoms with van der Waals surface area (Å²) in [6.45, 7) is 3.52. The number of ether oxygens (including phenoxy) is 1. The zero-order chi connectivity index (χ0) is 18.7. The highest BCUT2D eigenvalue weighted by atomic mass is 16.5. The number of anilines is 2. The van der Waals surface area contributed by atoms with E-state index in [1.165, 1.54) is 0 Å². The normalized spacial score (nSPS) is 12.8. The van der Waals surface area contributed by atoms with Gasteiger partial charge in [-0.25, -0.2) is 4.79 Å². The van der Waals surface area contributed by atoms with Crippen LogP contribution in [0.25, 0.3) is 0 Å². The number of carbonyl (C=O) groups is 3. The predicted molar refractivity (Wildman–Crippen MR) is 98.2 cm³/mol. The van der Waals surface area contributed by atoms with Crippen LogP contribution >= 0.6 is 0 Å². The smallest absolute Gasteiger partial charge is 0.338 e. The zero-order valence-corrected chi connectivity index (χ0v) is 14.7.